The fourth-order valence-corrected chi connectivity index (χ4v) is 4.43. The number of benzene rings is 2. The molecule has 6 heteroatoms. The lowest BCUT2D eigenvalue weighted by molar-refractivity contribution is 0.116. The van der Waals surface area contributed by atoms with Gasteiger partial charge in [-0.3, -0.25) is 0 Å². The summed E-state index contributed by atoms with van der Waals surface area (Å²) in [4.78, 5) is 4.69. The largest absolute Gasteiger partial charge is 0.494 e. The van der Waals surface area contributed by atoms with Crippen molar-refractivity contribution < 1.29 is 14.6 Å². The summed E-state index contributed by atoms with van der Waals surface area (Å²) in [6.07, 6.45) is 3.75. The van der Waals surface area contributed by atoms with Crippen LogP contribution in [0.4, 0.5) is 5.13 Å². The van der Waals surface area contributed by atoms with Gasteiger partial charge in [0.25, 0.3) is 0 Å². The van der Waals surface area contributed by atoms with Crippen LogP contribution in [0, 0.1) is 0 Å². The lowest BCUT2D eigenvalue weighted by Gasteiger charge is -2.27. The molecule has 142 valence electrons. The Balaban J connectivity index is 1.54. The predicted octanol–water partition coefficient (Wildman–Crippen LogP) is 4.60. The number of aromatic nitrogens is 1. The number of thiazole rings is 1. The fourth-order valence-electron chi connectivity index (χ4n) is 3.45. The van der Waals surface area contributed by atoms with Gasteiger partial charge in [-0.1, -0.05) is 54.5 Å². The number of methoxy groups -OCH3 is 1. The molecule has 1 saturated carbocycles. The molecule has 0 amide bonds. The molecule has 1 fully saturated rings. The van der Waals surface area contributed by atoms with E-state index in [9.17, 15) is 5.11 Å². The third-order valence-corrected chi connectivity index (χ3v) is 5.87. The summed E-state index contributed by atoms with van der Waals surface area (Å²) in [6, 6.07) is 14.0. The maximum Gasteiger partial charge on any atom is 0.184 e. The van der Waals surface area contributed by atoms with Gasteiger partial charge in [-0.2, -0.15) is 0 Å². The Morgan fingerprint density at radius 2 is 2.00 bits per heavy atom. The second kappa shape index (κ2) is 8.15. The molecule has 2 atom stereocenters. The second-order valence-electron chi connectivity index (χ2n) is 6.87. The molecular weight excluding hydrogens is 360 g/mol. The normalized spacial score (nSPS) is 19.8. The van der Waals surface area contributed by atoms with E-state index in [4.69, 9.17) is 9.47 Å². The molecule has 1 aliphatic carbocycles. The highest BCUT2D eigenvalue weighted by Gasteiger charge is 2.24. The minimum absolute atomic E-state index is 0.0686. The van der Waals surface area contributed by atoms with Crippen LogP contribution >= 0.6 is 11.3 Å². The Kier molecular flexibility index (Phi) is 5.45. The number of nitrogens with one attached hydrogen (secondary N) is 1. The van der Waals surface area contributed by atoms with Crippen LogP contribution in [0.2, 0.25) is 0 Å². The highest BCUT2D eigenvalue weighted by molar-refractivity contribution is 7.22. The number of anilines is 1. The average Bonchev–Trinajstić information content (AvgIpc) is 3.11. The number of ether oxygens (including phenoxy) is 2. The first-order chi connectivity index (χ1) is 13.2. The molecule has 0 aliphatic heterocycles. The SMILES string of the molecule is COc1cc(OCc2ccccc2)cc2sc(N[C@@H]3CCCC[C@H]3O)nc12. The zero-order valence-electron chi connectivity index (χ0n) is 15.4. The topological polar surface area (TPSA) is 63.6 Å². The summed E-state index contributed by atoms with van der Waals surface area (Å²) < 4.78 is 12.5. The van der Waals surface area contributed by atoms with E-state index in [-0.39, 0.29) is 12.1 Å². The monoisotopic (exact) mass is 384 g/mol. The molecule has 3 aromatic rings. The van der Waals surface area contributed by atoms with Crippen LogP contribution < -0.4 is 14.8 Å². The van der Waals surface area contributed by atoms with Crippen LogP contribution in [0.25, 0.3) is 10.2 Å². The maximum absolute atomic E-state index is 10.2. The van der Waals surface area contributed by atoms with Crippen molar-refractivity contribution in [1.29, 1.82) is 0 Å². The molecule has 0 unspecified atom stereocenters. The standard InChI is InChI=1S/C21H24N2O3S/c1-25-18-11-15(26-13-14-7-3-2-4-8-14)12-19-20(18)23-21(27-19)22-16-9-5-6-10-17(16)24/h2-4,7-8,11-12,16-17,24H,5-6,9-10,13H2,1H3,(H,22,23)/t16-,17-/m1/s1. The Morgan fingerprint density at radius 3 is 2.78 bits per heavy atom. The van der Waals surface area contributed by atoms with E-state index >= 15 is 0 Å². The Morgan fingerprint density at radius 1 is 1.19 bits per heavy atom. The predicted molar refractivity (Wildman–Crippen MR) is 109 cm³/mol. The van der Waals surface area contributed by atoms with Gasteiger partial charge in [-0.25, -0.2) is 4.98 Å². The van der Waals surface area contributed by atoms with Gasteiger partial charge < -0.3 is 19.9 Å². The first kappa shape index (κ1) is 18.1. The van der Waals surface area contributed by atoms with Crippen molar-refractivity contribution in [3.63, 3.8) is 0 Å². The molecule has 1 heterocycles. The smallest absolute Gasteiger partial charge is 0.184 e. The number of hydrogen-bond acceptors (Lipinski definition) is 6. The summed E-state index contributed by atoms with van der Waals surface area (Å²) in [6.45, 7) is 0.508. The molecule has 5 nitrogen and oxygen atoms in total. The van der Waals surface area contributed by atoms with Gasteiger partial charge in [-0.15, -0.1) is 0 Å². The van der Waals surface area contributed by atoms with Crippen LogP contribution in [0.1, 0.15) is 31.2 Å². The van der Waals surface area contributed by atoms with Gasteiger partial charge in [0.15, 0.2) is 5.13 Å². The minimum atomic E-state index is -0.308. The highest BCUT2D eigenvalue weighted by Crippen LogP contribution is 2.37. The van der Waals surface area contributed by atoms with Crippen LogP contribution in [-0.2, 0) is 6.61 Å². The van der Waals surface area contributed by atoms with Gasteiger partial charge >= 0.3 is 0 Å². The van der Waals surface area contributed by atoms with Crippen molar-refractivity contribution in [2.45, 2.75) is 44.4 Å². The molecule has 1 aromatic heterocycles. The molecule has 4 rings (SSSR count). The molecule has 0 bridgehead atoms. The average molecular weight is 385 g/mol. The van der Waals surface area contributed by atoms with Crippen LogP contribution in [0.3, 0.4) is 0 Å². The van der Waals surface area contributed by atoms with Gasteiger partial charge in [-0.05, 0) is 24.5 Å². The third kappa shape index (κ3) is 4.17. The summed E-state index contributed by atoms with van der Waals surface area (Å²) in [7, 11) is 1.65. The molecule has 2 N–H and O–H groups in total. The Labute approximate surface area is 163 Å². The third-order valence-electron chi connectivity index (χ3n) is 4.94. The first-order valence-corrected chi connectivity index (χ1v) is 10.1. The van der Waals surface area contributed by atoms with E-state index < -0.39 is 0 Å². The lowest BCUT2D eigenvalue weighted by atomic mass is 9.93. The highest BCUT2D eigenvalue weighted by atomic mass is 32.1. The summed E-state index contributed by atoms with van der Waals surface area (Å²) in [5.41, 5.74) is 1.94. The molecular formula is C21H24N2O3S. The quantitative estimate of drug-likeness (QED) is 0.650. The van der Waals surface area contributed by atoms with Gasteiger partial charge in [0.1, 0.15) is 23.6 Å². The number of aliphatic hydroxyl groups excluding tert-OH is 1. The van der Waals surface area contributed by atoms with Crippen LogP contribution in [0.5, 0.6) is 11.5 Å². The zero-order valence-corrected chi connectivity index (χ0v) is 16.2. The van der Waals surface area contributed by atoms with E-state index in [1.165, 1.54) is 0 Å². The van der Waals surface area contributed by atoms with Crippen molar-refractivity contribution in [2.75, 3.05) is 12.4 Å². The zero-order chi connectivity index (χ0) is 18.6. The van der Waals surface area contributed by atoms with E-state index in [2.05, 4.69) is 10.3 Å². The van der Waals surface area contributed by atoms with Crippen LogP contribution in [-0.4, -0.2) is 29.3 Å². The number of rotatable bonds is 6. The molecule has 2 aromatic carbocycles. The first-order valence-electron chi connectivity index (χ1n) is 9.33. The number of aliphatic hydroxyl groups is 1. The summed E-state index contributed by atoms with van der Waals surface area (Å²) in [5, 5.41) is 14.4. The molecule has 1 aliphatic rings. The number of nitrogens with zero attached hydrogens (tertiary/aromatic N) is 1. The molecule has 0 radical (unpaired) electrons. The fraction of sp³-hybridized carbons (Fsp3) is 0.381. The van der Waals surface area contributed by atoms with Crippen molar-refractivity contribution >= 4 is 26.7 Å². The van der Waals surface area contributed by atoms with Crippen molar-refractivity contribution in [1.82, 2.24) is 4.98 Å². The van der Waals surface area contributed by atoms with E-state index in [1.807, 2.05) is 42.5 Å². The number of fused-ring (bicyclic) bond motifs is 1. The lowest BCUT2D eigenvalue weighted by Crippen LogP contribution is -2.36. The van der Waals surface area contributed by atoms with E-state index in [0.717, 1.165) is 52.3 Å². The molecule has 0 saturated heterocycles. The maximum atomic E-state index is 10.2. The van der Waals surface area contributed by atoms with Gasteiger partial charge in [0.2, 0.25) is 0 Å². The summed E-state index contributed by atoms with van der Waals surface area (Å²) in [5.74, 6) is 1.46. The minimum Gasteiger partial charge on any atom is -0.494 e. The van der Waals surface area contributed by atoms with Crippen molar-refractivity contribution in [3.8, 4) is 11.5 Å². The Bertz CT molecular complexity index is 897. The van der Waals surface area contributed by atoms with Crippen LogP contribution in [0.15, 0.2) is 42.5 Å². The second-order valence-corrected chi connectivity index (χ2v) is 7.90. The van der Waals surface area contributed by atoms with E-state index in [0.29, 0.717) is 12.4 Å². The van der Waals surface area contributed by atoms with Crippen molar-refractivity contribution in [2.24, 2.45) is 0 Å². The van der Waals surface area contributed by atoms with E-state index in [1.54, 1.807) is 18.4 Å². The van der Waals surface area contributed by atoms with Gasteiger partial charge in [0.05, 0.1) is 24.0 Å². The molecule has 27 heavy (non-hydrogen) atoms. The molecule has 0 spiro atoms. The van der Waals surface area contributed by atoms with Crippen molar-refractivity contribution in [3.05, 3.63) is 48.0 Å². The summed E-state index contributed by atoms with van der Waals surface area (Å²) >= 11 is 1.57. The number of hydrogen-bond donors (Lipinski definition) is 2. The van der Waals surface area contributed by atoms with Gasteiger partial charge in [0, 0.05) is 6.07 Å². The Hall–Kier alpha value is -2.31.